The van der Waals surface area contributed by atoms with Crippen LogP contribution in [0, 0.1) is 17.2 Å². The van der Waals surface area contributed by atoms with Crippen LogP contribution < -0.4 is 5.73 Å². The van der Waals surface area contributed by atoms with E-state index in [0.717, 1.165) is 31.8 Å². The second-order valence-electron chi connectivity index (χ2n) is 4.83. The Bertz CT molecular complexity index is 203. The summed E-state index contributed by atoms with van der Waals surface area (Å²) < 4.78 is 0. The molecular weight excluding hydrogens is 174 g/mol. The van der Waals surface area contributed by atoms with Crippen LogP contribution in [0.4, 0.5) is 0 Å². The van der Waals surface area contributed by atoms with Gasteiger partial charge >= 0.3 is 0 Å². The van der Waals surface area contributed by atoms with Crippen molar-refractivity contribution in [3.05, 3.63) is 0 Å². The molecule has 0 radical (unpaired) electrons. The summed E-state index contributed by atoms with van der Waals surface area (Å²) in [7, 11) is 0. The summed E-state index contributed by atoms with van der Waals surface area (Å²) >= 11 is 0. The number of amidine groups is 1. The average molecular weight is 195 g/mol. The van der Waals surface area contributed by atoms with E-state index in [1.807, 2.05) is 0 Å². The van der Waals surface area contributed by atoms with Gasteiger partial charge in [-0.1, -0.05) is 6.42 Å². The van der Waals surface area contributed by atoms with Crippen molar-refractivity contribution >= 4 is 5.84 Å². The predicted molar refractivity (Wildman–Crippen MR) is 58.4 cm³/mol. The molecular formula is C11H21N3. The summed E-state index contributed by atoms with van der Waals surface area (Å²) in [6.07, 6.45) is 6.51. The van der Waals surface area contributed by atoms with Gasteiger partial charge in [0.15, 0.2) is 0 Å². The Kier molecular flexibility index (Phi) is 3.06. The second-order valence-corrected chi connectivity index (χ2v) is 4.83. The highest BCUT2D eigenvalue weighted by molar-refractivity contribution is 5.79. The Morgan fingerprint density at radius 3 is 2.29 bits per heavy atom. The molecule has 0 spiro atoms. The van der Waals surface area contributed by atoms with Crippen LogP contribution in [0.2, 0.25) is 0 Å². The topological polar surface area (TPSA) is 53.1 Å². The van der Waals surface area contributed by atoms with Crippen molar-refractivity contribution in [2.75, 3.05) is 19.6 Å². The first-order valence-electron chi connectivity index (χ1n) is 5.82. The molecule has 0 unspecified atom stereocenters. The van der Waals surface area contributed by atoms with Crippen LogP contribution in [0.5, 0.6) is 0 Å². The van der Waals surface area contributed by atoms with Gasteiger partial charge in [0.25, 0.3) is 0 Å². The Balaban J connectivity index is 1.69. The maximum atomic E-state index is 7.40. The van der Waals surface area contributed by atoms with Gasteiger partial charge in [-0.25, -0.2) is 0 Å². The Morgan fingerprint density at radius 1 is 1.21 bits per heavy atom. The molecule has 2 aliphatic rings. The predicted octanol–water partition coefficient (Wildman–Crippen LogP) is 1.43. The summed E-state index contributed by atoms with van der Waals surface area (Å²) in [6, 6.07) is 0. The summed E-state index contributed by atoms with van der Waals surface area (Å²) in [5.41, 5.74) is 5.52. The van der Waals surface area contributed by atoms with Crippen molar-refractivity contribution < 1.29 is 0 Å². The van der Waals surface area contributed by atoms with E-state index in [9.17, 15) is 0 Å². The highest BCUT2D eigenvalue weighted by atomic mass is 15.1. The van der Waals surface area contributed by atoms with Crippen molar-refractivity contribution in [3.63, 3.8) is 0 Å². The molecule has 1 aliphatic heterocycles. The maximum Gasteiger partial charge on any atom is 0.0937 e. The normalized spacial score (nSPS) is 26.0. The highest BCUT2D eigenvalue weighted by Crippen LogP contribution is 2.28. The molecule has 3 heteroatoms. The van der Waals surface area contributed by atoms with Crippen LogP contribution >= 0.6 is 0 Å². The first-order valence-corrected chi connectivity index (χ1v) is 5.82. The van der Waals surface area contributed by atoms with E-state index in [2.05, 4.69) is 4.90 Å². The molecule has 80 valence electrons. The lowest BCUT2D eigenvalue weighted by Crippen LogP contribution is -2.41. The third-order valence-electron chi connectivity index (χ3n) is 3.77. The molecule has 0 aromatic carbocycles. The zero-order chi connectivity index (χ0) is 9.97. The van der Waals surface area contributed by atoms with Gasteiger partial charge in [0.05, 0.1) is 5.84 Å². The molecule has 2 rings (SSSR count). The van der Waals surface area contributed by atoms with E-state index in [1.165, 1.54) is 25.8 Å². The van der Waals surface area contributed by atoms with E-state index in [0.29, 0.717) is 11.8 Å². The summed E-state index contributed by atoms with van der Waals surface area (Å²) in [4.78, 5) is 2.56. The minimum atomic E-state index is 0.368. The zero-order valence-corrected chi connectivity index (χ0v) is 8.84. The smallest absolute Gasteiger partial charge is 0.0937 e. The van der Waals surface area contributed by atoms with Gasteiger partial charge in [-0.3, -0.25) is 5.41 Å². The number of hydrogen-bond acceptors (Lipinski definition) is 2. The number of hydrogen-bond donors (Lipinski definition) is 2. The van der Waals surface area contributed by atoms with Crippen LogP contribution in [0.1, 0.15) is 32.1 Å². The van der Waals surface area contributed by atoms with Gasteiger partial charge in [-0.15, -0.1) is 0 Å². The van der Waals surface area contributed by atoms with Crippen LogP contribution in [-0.4, -0.2) is 30.4 Å². The van der Waals surface area contributed by atoms with Crippen LogP contribution in [0.3, 0.4) is 0 Å². The number of piperidine rings is 1. The van der Waals surface area contributed by atoms with Gasteiger partial charge in [0.1, 0.15) is 0 Å². The van der Waals surface area contributed by atoms with Crippen molar-refractivity contribution in [3.8, 4) is 0 Å². The fourth-order valence-corrected chi connectivity index (χ4v) is 2.47. The first-order chi connectivity index (χ1) is 6.75. The molecule has 0 bridgehead atoms. The molecule has 14 heavy (non-hydrogen) atoms. The minimum absolute atomic E-state index is 0.368. The first kappa shape index (κ1) is 9.97. The van der Waals surface area contributed by atoms with Crippen molar-refractivity contribution in [1.82, 2.24) is 4.90 Å². The highest BCUT2D eigenvalue weighted by Gasteiger charge is 2.25. The molecule has 0 aromatic rings. The Hall–Kier alpha value is -0.570. The average Bonchev–Trinajstić information content (AvgIpc) is 2.12. The molecule has 0 aromatic heterocycles. The SMILES string of the molecule is N=C(N)C1CCN(CC2CCC2)CC1. The summed E-state index contributed by atoms with van der Waals surface area (Å²) in [6.45, 7) is 3.60. The lowest BCUT2D eigenvalue weighted by molar-refractivity contribution is 0.145. The Morgan fingerprint density at radius 2 is 1.86 bits per heavy atom. The molecule has 3 N–H and O–H groups in total. The maximum absolute atomic E-state index is 7.40. The summed E-state index contributed by atoms with van der Waals surface area (Å²) in [5, 5.41) is 7.40. The lowest BCUT2D eigenvalue weighted by atomic mass is 9.84. The minimum Gasteiger partial charge on any atom is -0.387 e. The van der Waals surface area contributed by atoms with Crippen molar-refractivity contribution in [1.29, 1.82) is 5.41 Å². The molecule has 3 nitrogen and oxygen atoms in total. The number of nitrogens with two attached hydrogens (primary N) is 1. The van der Waals surface area contributed by atoms with E-state index in [4.69, 9.17) is 11.1 Å². The van der Waals surface area contributed by atoms with Gasteiger partial charge in [0, 0.05) is 12.5 Å². The van der Waals surface area contributed by atoms with Crippen LogP contribution in [0.15, 0.2) is 0 Å². The van der Waals surface area contributed by atoms with Crippen LogP contribution in [0.25, 0.3) is 0 Å². The van der Waals surface area contributed by atoms with E-state index < -0.39 is 0 Å². The fraction of sp³-hybridized carbons (Fsp3) is 0.909. The molecule has 1 saturated carbocycles. The van der Waals surface area contributed by atoms with Gasteiger partial charge < -0.3 is 10.6 Å². The fourth-order valence-electron chi connectivity index (χ4n) is 2.47. The number of likely N-dealkylation sites (tertiary alicyclic amines) is 1. The Labute approximate surface area is 86.2 Å². The number of nitrogens with zero attached hydrogens (tertiary/aromatic N) is 1. The quantitative estimate of drug-likeness (QED) is 0.529. The molecule has 1 aliphatic carbocycles. The van der Waals surface area contributed by atoms with Crippen LogP contribution in [-0.2, 0) is 0 Å². The second kappa shape index (κ2) is 4.30. The molecule has 2 fully saturated rings. The molecule has 0 amide bonds. The third-order valence-corrected chi connectivity index (χ3v) is 3.77. The van der Waals surface area contributed by atoms with E-state index in [1.54, 1.807) is 0 Å². The lowest BCUT2D eigenvalue weighted by Gasteiger charge is -2.36. The number of nitrogens with one attached hydrogen (secondary N) is 1. The monoisotopic (exact) mass is 195 g/mol. The molecule has 1 saturated heterocycles. The van der Waals surface area contributed by atoms with Gasteiger partial charge in [-0.05, 0) is 44.7 Å². The summed E-state index contributed by atoms with van der Waals surface area (Å²) in [5.74, 6) is 1.74. The van der Waals surface area contributed by atoms with Gasteiger partial charge in [0.2, 0.25) is 0 Å². The molecule has 1 heterocycles. The number of rotatable bonds is 3. The van der Waals surface area contributed by atoms with Crippen molar-refractivity contribution in [2.24, 2.45) is 17.6 Å². The molecule has 0 atom stereocenters. The van der Waals surface area contributed by atoms with E-state index in [-0.39, 0.29) is 0 Å². The van der Waals surface area contributed by atoms with Crippen molar-refractivity contribution in [2.45, 2.75) is 32.1 Å². The zero-order valence-electron chi connectivity index (χ0n) is 8.84. The standard InChI is InChI=1S/C11H21N3/c12-11(13)10-4-6-14(7-5-10)8-9-2-1-3-9/h9-10H,1-8H2,(H3,12,13). The van der Waals surface area contributed by atoms with Gasteiger partial charge in [-0.2, -0.15) is 0 Å². The third kappa shape index (κ3) is 2.27. The van der Waals surface area contributed by atoms with E-state index >= 15 is 0 Å². The largest absolute Gasteiger partial charge is 0.387 e.